The Bertz CT molecular complexity index is 532. The zero-order valence-corrected chi connectivity index (χ0v) is 9.90. The summed E-state index contributed by atoms with van der Waals surface area (Å²) in [6.45, 7) is 3.88. The normalized spacial score (nSPS) is 13.7. The van der Waals surface area contributed by atoms with Crippen LogP contribution in [0.2, 0.25) is 0 Å². The molecular formula is C14H15N3. The lowest BCUT2D eigenvalue weighted by atomic mass is 10.1. The molecule has 1 aromatic carbocycles. The summed E-state index contributed by atoms with van der Waals surface area (Å²) >= 11 is 0. The van der Waals surface area contributed by atoms with Crippen LogP contribution < -0.4 is 5.32 Å². The molecule has 1 N–H and O–H groups in total. The molecule has 0 radical (unpaired) electrons. The zero-order valence-electron chi connectivity index (χ0n) is 9.90. The molecule has 3 nitrogen and oxygen atoms in total. The van der Waals surface area contributed by atoms with Crippen molar-refractivity contribution in [1.29, 1.82) is 0 Å². The molecule has 1 aliphatic heterocycles. The van der Waals surface area contributed by atoms with E-state index in [2.05, 4.69) is 46.5 Å². The number of rotatable bonds is 2. The third kappa shape index (κ3) is 2.19. The van der Waals surface area contributed by atoms with Gasteiger partial charge < -0.3 is 5.32 Å². The average Bonchev–Trinajstić information content (AvgIpc) is 2.79. The Morgan fingerprint density at radius 1 is 1.18 bits per heavy atom. The van der Waals surface area contributed by atoms with Gasteiger partial charge in [0.15, 0.2) is 0 Å². The van der Waals surface area contributed by atoms with E-state index in [1.807, 2.05) is 6.20 Å². The molecule has 0 amide bonds. The third-order valence-corrected chi connectivity index (χ3v) is 3.09. The third-order valence-electron chi connectivity index (χ3n) is 3.09. The molecule has 1 aliphatic rings. The Morgan fingerprint density at radius 3 is 2.82 bits per heavy atom. The predicted molar refractivity (Wildman–Crippen MR) is 66.6 cm³/mol. The van der Waals surface area contributed by atoms with E-state index < -0.39 is 0 Å². The lowest BCUT2D eigenvalue weighted by Gasteiger charge is -2.03. The van der Waals surface area contributed by atoms with E-state index in [-0.39, 0.29) is 0 Å². The molecule has 0 unspecified atom stereocenters. The van der Waals surface area contributed by atoms with Crippen molar-refractivity contribution < 1.29 is 0 Å². The molecule has 0 aliphatic carbocycles. The summed E-state index contributed by atoms with van der Waals surface area (Å²) in [5.41, 5.74) is 4.94. The van der Waals surface area contributed by atoms with Crippen LogP contribution in [0.3, 0.4) is 0 Å². The summed E-state index contributed by atoms with van der Waals surface area (Å²) in [4.78, 5) is 9.01. The molecule has 3 heteroatoms. The largest absolute Gasteiger partial charge is 0.307 e. The van der Waals surface area contributed by atoms with Gasteiger partial charge in [-0.15, -0.1) is 0 Å². The SMILES string of the molecule is Cc1ccc(Cc2ncc3c(n2)CNC3)cc1. The second kappa shape index (κ2) is 4.26. The maximum absolute atomic E-state index is 4.60. The first-order valence-corrected chi connectivity index (χ1v) is 5.91. The summed E-state index contributed by atoms with van der Waals surface area (Å²) < 4.78 is 0. The Balaban J connectivity index is 1.83. The lowest BCUT2D eigenvalue weighted by Crippen LogP contribution is -2.02. The minimum Gasteiger partial charge on any atom is -0.307 e. The number of aromatic nitrogens is 2. The van der Waals surface area contributed by atoms with Crippen molar-refractivity contribution in [3.05, 3.63) is 58.7 Å². The van der Waals surface area contributed by atoms with Gasteiger partial charge in [-0.25, -0.2) is 9.97 Å². The van der Waals surface area contributed by atoms with Crippen molar-refractivity contribution in [2.75, 3.05) is 0 Å². The van der Waals surface area contributed by atoms with E-state index in [0.29, 0.717) is 0 Å². The Hall–Kier alpha value is -1.74. The first-order chi connectivity index (χ1) is 8.31. The Labute approximate surface area is 101 Å². The van der Waals surface area contributed by atoms with Crippen molar-refractivity contribution in [3.8, 4) is 0 Å². The van der Waals surface area contributed by atoms with Crippen LogP contribution in [0.5, 0.6) is 0 Å². The highest BCUT2D eigenvalue weighted by Gasteiger charge is 2.12. The number of hydrogen-bond donors (Lipinski definition) is 1. The van der Waals surface area contributed by atoms with Crippen LogP contribution in [-0.4, -0.2) is 9.97 Å². The monoisotopic (exact) mass is 225 g/mol. The van der Waals surface area contributed by atoms with Crippen molar-refractivity contribution >= 4 is 0 Å². The highest BCUT2D eigenvalue weighted by Crippen LogP contribution is 2.13. The smallest absolute Gasteiger partial charge is 0.132 e. The molecule has 0 spiro atoms. The van der Waals surface area contributed by atoms with E-state index in [4.69, 9.17) is 0 Å². The number of aryl methyl sites for hydroxylation is 1. The van der Waals surface area contributed by atoms with Gasteiger partial charge in [-0.3, -0.25) is 0 Å². The molecule has 17 heavy (non-hydrogen) atoms. The molecule has 0 bridgehead atoms. The van der Waals surface area contributed by atoms with Crippen molar-refractivity contribution in [2.24, 2.45) is 0 Å². The van der Waals surface area contributed by atoms with Crippen LogP contribution in [0.15, 0.2) is 30.5 Å². The topological polar surface area (TPSA) is 37.8 Å². The van der Waals surface area contributed by atoms with Crippen LogP contribution in [0, 0.1) is 6.92 Å². The van der Waals surface area contributed by atoms with Crippen LogP contribution in [-0.2, 0) is 19.5 Å². The van der Waals surface area contributed by atoms with E-state index in [0.717, 1.165) is 31.0 Å². The molecule has 2 aromatic rings. The van der Waals surface area contributed by atoms with Gasteiger partial charge in [-0.2, -0.15) is 0 Å². The highest BCUT2D eigenvalue weighted by molar-refractivity contribution is 5.26. The van der Waals surface area contributed by atoms with Gasteiger partial charge in [0.1, 0.15) is 5.82 Å². The van der Waals surface area contributed by atoms with Gasteiger partial charge in [-0.05, 0) is 12.5 Å². The van der Waals surface area contributed by atoms with E-state index in [1.165, 1.54) is 16.7 Å². The summed E-state index contributed by atoms with van der Waals surface area (Å²) in [5, 5.41) is 3.28. The van der Waals surface area contributed by atoms with Gasteiger partial charge in [0.2, 0.25) is 0 Å². The molecule has 86 valence electrons. The Morgan fingerprint density at radius 2 is 2.00 bits per heavy atom. The number of fused-ring (bicyclic) bond motifs is 1. The summed E-state index contributed by atoms with van der Waals surface area (Å²) in [6.07, 6.45) is 2.76. The van der Waals surface area contributed by atoms with Crippen molar-refractivity contribution in [2.45, 2.75) is 26.4 Å². The molecule has 0 fully saturated rings. The quantitative estimate of drug-likeness (QED) is 0.849. The minimum atomic E-state index is 0.813. The predicted octanol–water partition coefficient (Wildman–Crippen LogP) is 1.98. The van der Waals surface area contributed by atoms with Crippen molar-refractivity contribution in [3.63, 3.8) is 0 Å². The molecule has 0 atom stereocenters. The van der Waals surface area contributed by atoms with E-state index in [9.17, 15) is 0 Å². The minimum absolute atomic E-state index is 0.813. The van der Waals surface area contributed by atoms with Crippen LogP contribution in [0.1, 0.15) is 28.2 Å². The fourth-order valence-corrected chi connectivity index (χ4v) is 2.07. The van der Waals surface area contributed by atoms with Crippen LogP contribution in [0.25, 0.3) is 0 Å². The fraction of sp³-hybridized carbons (Fsp3) is 0.286. The second-order valence-electron chi connectivity index (χ2n) is 4.52. The molecule has 2 heterocycles. The standard InChI is InChI=1S/C14H15N3/c1-10-2-4-11(5-3-10)6-14-16-8-12-7-15-9-13(12)17-14/h2-5,8,15H,6-7,9H2,1H3. The number of nitrogens with zero attached hydrogens (tertiary/aromatic N) is 2. The Kier molecular flexibility index (Phi) is 2.61. The maximum atomic E-state index is 4.60. The average molecular weight is 225 g/mol. The summed E-state index contributed by atoms with van der Waals surface area (Å²) in [7, 11) is 0. The molecular weight excluding hydrogens is 210 g/mol. The first kappa shape index (κ1) is 10.4. The number of nitrogens with one attached hydrogen (secondary N) is 1. The van der Waals surface area contributed by atoms with Gasteiger partial charge in [0, 0.05) is 31.3 Å². The van der Waals surface area contributed by atoms with Crippen LogP contribution >= 0.6 is 0 Å². The first-order valence-electron chi connectivity index (χ1n) is 5.91. The lowest BCUT2D eigenvalue weighted by molar-refractivity contribution is 0.756. The van der Waals surface area contributed by atoms with E-state index in [1.54, 1.807) is 0 Å². The molecule has 1 aromatic heterocycles. The molecule has 0 saturated carbocycles. The number of benzene rings is 1. The van der Waals surface area contributed by atoms with E-state index >= 15 is 0 Å². The van der Waals surface area contributed by atoms with Gasteiger partial charge >= 0.3 is 0 Å². The van der Waals surface area contributed by atoms with Gasteiger partial charge in [-0.1, -0.05) is 29.8 Å². The molecule has 0 saturated heterocycles. The van der Waals surface area contributed by atoms with Gasteiger partial charge in [0.05, 0.1) is 5.69 Å². The van der Waals surface area contributed by atoms with Crippen LogP contribution in [0.4, 0.5) is 0 Å². The second-order valence-corrected chi connectivity index (χ2v) is 4.52. The highest BCUT2D eigenvalue weighted by atomic mass is 15.0. The number of hydrogen-bond acceptors (Lipinski definition) is 3. The molecule has 3 rings (SSSR count). The summed E-state index contributed by atoms with van der Waals surface area (Å²) in [6, 6.07) is 8.54. The summed E-state index contributed by atoms with van der Waals surface area (Å²) in [5.74, 6) is 0.913. The maximum Gasteiger partial charge on any atom is 0.132 e. The zero-order chi connectivity index (χ0) is 11.7. The van der Waals surface area contributed by atoms with Crippen molar-refractivity contribution in [1.82, 2.24) is 15.3 Å². The van der Waals surface area contributed by atoms with Gasteiger partial charge in [0.25, 0.3) is 0 Å². The fourth-order valence-electron chi connectivity index (χ4n) is 2.07.